The first-order valence-corrected chi connectivity index (χ1v) is 14.2. The third-order valence-electron chi connectivity index (χ3n) is 7.38. The van der Waals surface area contributed by atoms with Gasteiger partial charge in [-0.25, -0.2) is 9.59 Å². The van der Waals surface area contributed by atoms with Crippen molar-refractivity contribution in [3.8, 4) is 11.1 Å². The summed E-state index contributed by atoms with van der Waals surface area (Å²) in [6.45, 7) is 3.71. The topological polar surface area (TPSA) is 193 Å². The Morgan fingerprint density at radius 1 is 0.822 bits per heavy atom. The molecule has 1 heterocycles. The fourth-order valence-electron chi connectivity index (χ4n) is 5.55. The summed E-state index contributed by atoms with van der Waals surface area (Å²) in [6, 6.07) is 13.8. The number of ether oxygens (including phenoxy) is 6. The zero-order valence-corrected chi connectivity index (χ0v) is 25.0. The minimum Gasteiger partial charge on any atom is -0.480 e. The Bertz CT molecular complexity index is 1380. The fraction of sp³-hybridized carbons (Fsp3) is 0.452. The number of hydrogen-bond acceptors (Lipinski definition) is 12. The number of alkyl carbamates (subject to hydrolysis) is 1. The predicted octanol–water partition coefficient (Wildman–Crippen LogP) is 1.90. The highest BCUT2D eigenvalue weighted by molar-refractivity contribution is 5.81. The van der Waals surface area contributed by atoms with Crippen LogP contribution in [-0.4, -0.2) is 96.2 Å². The molecule has 3 N–H and O–H groups in total. The number of carboxylic acids is 1. The number of nitrogens with one attached hydrogen (secondary N) is 1. The SMILES string of the molecule is CC(=O)O[C@H]1[C@@H](OC(C)=O)[C@@H](CO)O[C@H](O[C@H](C)[C@H](NC(=O)OCC2c3ccccc3-c3ccccc32)C(=O)O)[C@@H]1OC(C)=O. The van der Waals surface area contributed by atoms with E-state index in [9.17, 15) is 34.2 Å². The number of aliphatic carboxylic acids is 1. The Kier molecular flexibility index (Phi) is 10.8. The van der Waals surface area contributed by atoms with E-state index in [2.05, 4.69) is 5.32 Å². The van der Waals surface area contributed by atoms with Crippen LogP contribution in [0.3, 0.4) is 0 Å². The van der Waals surface area contributed by atoms with Crippen LogP contribution >= 0.6 is 0 Å². The number of fused-ring (bicyclic) bond motifs is 3. The number of hydrogen-bond donors (Lipinski definition) is 3. The number of carbonyl (C=O) groups is 5. The van der Waals surface area contributed by atoms with Gasteiger partial charge in [-0.05, 0) is 29.2 Å². The van der Waals surface area contributed by atoms with Gasteiger partial charge < -0.3 is 44.0 Å². The minimum absolute atomic E-state index is 0.0680. The van der Waals surface area contributed by atoms with Crippen LogP contribution in [0, 0.1) is 0 Å². The molecule has 1 aliphatic carbocycles. The Labute approximate surface area is 258 Å². The first-order valence-electron chi connectivity index (χ1n) is 14.2. The van der Waals surface area contributed by atoms with Crippen LogP contribution in [0.5, 0.6) is 0 Å². The standard InChI is InChI=1S/C31H35NO13/c1-15(41-30-28(44-18(4)36)27(43-17(3)35)26(42-16(2)34)24(13-33)45-30)25(29(37)38)32-31(39)40-14-23-21-11-7-5-9-19(21)20-10-6-8-12-22(20)23/h5-12,15,23-28,30,33H,13-14H2,1-4H3,(H,32,39)(H,37,38)/t15-,24-,25+,26+,27+,28-,30+/m1/s1. The lowest BCUT2D eigenvalue weighted by Crippen LogP contribution is -2.64. The highest BCUT2D eigenvalue weighted by atomic mass is 16.7. The molecule has 0 unspecified atom stereocenters. The molecule has 2 aromatic carbocycles. The highest BCUT2D eigenvalue weighted by Gasteiger charge is 2.53. The molecule has 45 heavy (non-hydrogen) atoms. The second kappa shape index (κ2) is 14.5. The van der Waals surface area contributed by atoms with Crippen molar-refractivity contribution < 1.29 is 62.6 Å². The zero-order chi connectivity index (χ0) is 32.8. The second-order valence-corrected chi connectivity index (χ2v) is 10.6. The van der Waals surface area contributed by atoms with E-state index in [1.165, 1.54) is 6.92 Å². The molecule has 1 aliphatic heterocycles. The number of amides is 1. The van der Waals surface area contributed by atoms with Crippen molar-refractivity contribution in [1.82, 2.24) is 5.32 Å². The van der Waals surface area contributed by atoms with Gasteiger partial charge in [0, 0.05) is 26.7 Å². The Morgan fingerprint density at radius 2 is 1.33 bits per heavy atom. The molecule has 1 saturated heterocycles. The summed E-state index contributed by atoms with van der Waals surface area (Å²) < 4.78 is 32.8. The van der Waals surface area contributed by atoms with E-state index < -0.39 is 79.4 Å². The first kappa shape index (κ1) is 33.4. The maximum Gasteiger partial charge on any atom is 0.407 e. The summed E-state index contributed by atoms with van der Waals surface area (Å²) in [5, 5.41) is 22.2. The zero-order valence-electron chi connectivity index (χ0n) is 25.0. The van der Waals surface area contributed by atoms with Gasteiger partial charge in [0.1, 0.15) is 12.7 Å². The van der Waals surface area contributed by atoms with Crippen molar-refractivity contribution in [2.75, 3.05) is 13.2 Å². The van der Waals surface area contributed by atoms with Gasteiger partial charge in [0.15, 0.2) is 30.6 Å². The van der Waals surface area contributed by atoms with Crippen LogP contribution in [0.2, 0.25) is 0 Å². The summed E-state index contributed by atoms with van der Waals surface area (Å²) in [4.78, 5) is 60.8. The predicted molar refractivity (Wildman–Crippen MR) is 153 cm³/mol. The lowest BCUT2D eigenvalue weighted by atomic mass is 9.98. The van der Waals surface area contributed by atoms with Crippen molar-refractivity contribution in [1.29, 1.82) is 0 Å². The normalized spacial score (nSPS) is 23.4. The van der Waals surface area contributed by atoms with E-state index in [4.69, 9.17) is 28.4 Å². The van der Waals surface area contributed by atoms with Crippen molar-refractivity contribution in [3.63, 3.8) is 0 Å². The molecule has 0 bridgehead atoms. The van der Waals surface area contributed by atoms with Gasteiger partial charge in [-0.2, -0.15) is 0 Å². The van der Waals surface area contributed by atoms with E-state index in [0.29, 0.717) is 0 Å². The number of aliphatic hydroxyl groups excluding tert-OH is 1. The molecule has 7 atom stereocenters. The smallest absolute Gasteiger partial charge is 0.407 e. The van der Waals surface area contributed by atoms with E-state index in [1.807, 2.05) is 48.5 Å². The summed E-state index contributed by atoms with van der Waals surface area (Å²) >= 11 is 0. The van der Waals surface area contributed by atoms with Gasteiger partial charge in [-0.15, -0.1) is 0 Å². The summed E-state index contributed by atoms with van der Waals surface area (Å²) in [7, 11) is 0. The first-order chi connectivity index (χ1) is 21.4. The molecule has 0 saturated carbocycles. The summed E-state index contributed by atoms with van der Waals surface area (Å²) in [6.07, 6.45) is -9.76. The number of esters is 3. The van der Waals surface area contributed by atoms with E-state index in [-0.39, 0.29) is 12.5 Å². The largest absolute Gasteiger partial charge is 0.480 e. The van der Waals surface area contributed by atoms with Crippen molar-refractivity contribution in [2.45, 2.75) is 76.5 Å². The Balaban J connectivity index is 1.48. The molecule has 0 aromatic heterocycles. The molecule has 2 aliphatic rings. The number of benzene rings is 2. The average Bonchev–Trinajstić information content (AvgIpc) is 3.30. The third kappa shape index (κ3) is 7.77. The molecule has 14 nitrogen and oxygen atoms in total. The molecule has 4 rings (SSSR count). The molecule has 1 fully saturated rings. The van der Waals surface area contributed by atoms with Crippen LogP contribution in [0.25, 0.3) is 11.1 Å². The van der Waals surface area contributed by atoms with Gasteiger partial charge in [0.05, 0.1) is 12.7 Å². The lowest BCUT2D eigenvalue weighted by molar-refractivity contribution is -0.316. The van der Waals surface area contributed by atoms with Gasteiger partial charge in [-0.1, -0.05) is 48.5 Å². The van der Waals surface area contributed by atoms with E-state index >= 15 is 0 Å². The molecule has 2 aromatic rings. The van der Waals surface area contributed by atoms with Crippen LogP contribution in [0.1, 0.15) is 44.7 Å². The number of carbonyl (C=O) groups excluding carboxylic acids is 4. The van der Waals surface area contributed by atoms with Gasteiger partial charge >= 0.3 is 30.0 Å². The minimum atomic E-state index is -1.69. The molecule has 1 amide bonds. The van der Waals surface area contributed by atoms with Crippen molar-refractivity contribution in [3.05, 3.63) is 59.7 Å². The van der Waals surface area contributed by atoms with Crippen LogP contribution < -0.4 is 5.32 Å². The maximum absolute atomic E-state index is 12.9. The number of carboxylic acid groups (broad SMARTS) is 1. The second-order valence-electron chi connectivity index (χ2n) is 10.6. The lowest BCUT2D eigenvalue weighted by Gasteiger charge is -2.44. The molecule has 0 radical (unpaired) electrons. The van der Waals surface area contributed by atoms with Gasteiger partial charge in [0.2, 0.25) is 0 Å². The molecular weight excluding hydrogens is 594 g/mol. The van der Waals surface area contributed by atoms with Gasteiger partial charge in [0.25, 0.3) is 0 Å². The van der Waals surface area contributed by atoms with Crippen LogP contribution in [-0.2, 0) is 47.6 Å². The average molecular weight is 630 g/mol. The highest BCUT2D eigenvalue weighted by Crippen LogP contribution is 2.44. The maximum atomic E-state index is 12.9. The van der Waals surface area contributed by atoms with Gasteiger partial charge in [-0.3, -0.25) is 14.4 Å². The Morgan fingerprint density at radius 3 is 1.84 bits per heavy atom. The monoisotopic (exact) mass is 629 g/mol. The van der Waals surface area contributed by atoms with E-state index in [0.717, 1.165) is 43.0 Å². The van der Waals surface area contributed by atoms with Crippen molar-refractivity contribution in [2.24, 2.45) is 0 Å². The molecule has 242 valence electrons. The Hall–Kier alpha value is -4.53. The molecule has 14 heteroatoms. The summed E-state index contributed by atoms with van der Waals surface area (Å²) in [5.74, 6) is -4.23. The number of rotatable bonds is 11. The van der Waals surface area contributed by atoms with E-state index in [1.54, 1.807) is 0 Å². The van der Waals surface area contributed by atoms with Crippen LogP contribution in [0.4, 0.5) is 4.79 Å². The van der Waals surface area contributed by atoms with Crippen molar-refractivity contribution >= 4 is 30.0 Å². The molecular formula is C31H35NO13. The van der Waals surface area contributed by atoms with Crippen LogP contribution in [0.15, 0.2) is 48.5 Å². The third-order valence-corrected chi connectivity index (χ3v) is 7.38. The molecule has 0 spiro atoms. The summed E-state index contributed by atoms with van der Waals surface area (Å²) in [5.41, 5.74) is 3.98. The fourth-order valence-corrected chi connectivity index (χ4v) is 5.55. The number of aliphatic hydroxyl groups is 1. The quantitative estimate of drug-likeness (QED) is 0.241.